The van der Waals surface area contributed by atoms with E-state index in [4.69, 9.17) is 9.52 Å². The van der Waals surface area contributed by atoms with Gasteiger partial charge in [0.05, 0.1) is 19.2 Å². The Morgan fingerprint density at radius 1 is 1.59 bits per heavy atom. The normalized spacial score (nSPS) is 10.0. The molecule has 0 unspecified atom stereocenters. The molecule has 1 aromatic rings. The van der Waals surface area contributed by atoms with E-state index in [-0.39, 0.29) is 25.5 Å². The highest BCUT2D eigenvalue weighted by Crippen LogP contribution is 2.00. The zero-order valence-electron chi connectivity index (χ0n) is 9.77. The number of nitrogens with one attached hydrogen (secondary N) is 1. The number of aromatic nitrogens is 1. The lowest BCUT2D eigenvalue weighted by Crippen LogP contribution is -2.38. The fraction of sp³-hybridized carbons (Fsp3) is 0.500. The molecule has 0 aliphatic carbocycles. The number of carbonyl (C=O) groups excluding carboxylic acids is 1. The first-order valence-electron chi connectivity index (χ1n) is 5.11. The molecule has 0 saturated heterocycles. The fourth-order valence-corrected chi connectivity index (χ4v) is 1.13. The number of hydrogen-bond donors (Lipinski definition) is 2. The van der Waals surface area contributed by atoms with Crippen LogP contribution < -0.4 is 5.32 Å². The molecule has 2 N–H and O–H groups in total. The summed E-state index contributed by atoms with van der Waals surface area (Å²) in [6.45, 7) is 2.10. The lowest BCUT2D eigenvalue weighted by atomic mass is 10.4. The standard InChI is InChI=1S/C10H15N3O4/c1-7-5-11-8(17-7)6-12-10(16)13(2)4-3-9(14)15/h5H,3-4,6H2,1-2H3,(H,12,16)(H,14,15). The van der Waals surface area contributed by atoms with Gasteiger partial charge in [0.2, 0.25) is 5.89 Å². The van der Waals surface area contributed by atoms with Gasteiger partial charge < -0.3 is 19.7 Å². The topological polar surface area (TPSA) is 95.7 Å². The van der Waals surface area contributed by atoms with Crippen molar-refractivity contribution in [3.05, 3.63) is 17.8 Å². The van der Waals surface area contributed by atoms with Gasteiger partial charge in [-0.05, 0) is 6.92 Å². The van der Waals surface area contributed by atoms with Crippen LogP contribution in [0.15, 0.2) is 10.6 Å². The third-order valence-electron chi connectivity index (χ3n) is 2.07. The largest absolute Gasteiger partial charge is 0.481 e. The van der Waals surface area contributed by atoms with Crippen LogP contribution in [0, 0.1) is 6.92 Å². The monoisotopic (exact) mass is 241 g/mol. The van der Waals surface area contributed by atoms with Crippen LogP contribution in [0.2, 0.25) is 0 Å². The van der Waals surface area contributed by atoms with Gasteiger partial charge in [0.15, 0.2) is 0 Å². The van der Waals surface area contributed by atoms with Crippen molar-refractivity contribution in [3.63, 3.8) is 0 Å². The summed E-state index contributed by atoms with van der Waals surface area (Å²) in [4.78, 5) is 27.0. The van der Waals surface area contributed by atoms with E-state index >= 15 is 0 Å². The van der Waals surface area contributed by atoms with Gasteiger partial charge in [0, 0.05) is 13.6 Å². The maximum atomic E-state index is 11.5. The van der Waals surface area contributed by atoms with Crippen molar-refractivity contribution in [2.75, 3.05) is 13.6 Å². The van der Waals surface area contributed by atoms with E-state index in [2.05, 4.69) is 10.3 Å². The van der Waals surface area contributed by atoms with Crippen LogP contribution in [0.4, 0.5) is 4.79 Å². The first-order chi connectivity index (χ1) is 7.99. The van der Waals surface area contributed by atoms with Crippen molar-refractivity contribution < 1.29 is 19.1 Å². The minimum atomic E-state index is -0.937. The number of carboxylic acid groups (broad SMARTS) is 1. The molecule has 0 radical (unpaired) electrons. The summed E-state index contributed by atoms with van der Waals surface area (Å²) in [5.41, 5.74) is 0. The number of aliphatic carboxylic acids is 1. The summed E-state index contributed by atoms with van der Waals surface area (Å²) >= 11 is 0. The molecule has 0 fully saturated rings. The second-order valence-corrected chi connectivity index (χ2v) is 3.59. The summed E-state index contributed by atoms with van der Waals surface area (Å²) in [5, 5.41) is 11.0. The highest BCUT2D eigenvalue weighted by atomic mass is 16.4. The van der Waals surface area contributed by atoms with Gasteiger partial charge in [-0.2, -0.15) is 0 Å². The lowest BCUT2D eigenvalue weighted by Gasteiger charge is -2.15. The number of amides is 2. The number of oxazole rings is 1. The van der Waals surface area contributed by atoms with Crippen LogP contribution in [0.5, 0.6) is 0 Å². The number of carbonyl (C=O) groups is 2. The number of carboxylic acids is 1. The number of rotatable bonds is 5. The summed E-state index contributed by atoms with van der Waals surface area (Å²) in [5.74, 6) is 0.156. The zero-order valence-corrected chi connectivity index (χ0v) is 9.77. The summed E-state index contributed by atoms with van der Waals surface area (Å²) in [6.07, 6.45) is 1.48. The Morgan fingerprint density at radius 3 is 2.82 bits per heavy atom. The second kappa shape index (κ2) is 5.88. The molecule has 0 atom stereocenters. The molecule has 0 bridgehead atoms. The average molecular weight is 241 g/mol. The molecule has 0 aromatic carbocycles. The van der Waals surface area contributed by atoms with Gasteiger partial charge >= 0.3 is 12.0 Å². The van der Waals surface area contributed by atoms with Gasteiger partial charge in [-0.15, -0.1) is 0 Å². The van der Waals surface area contributed by atoms with Gasteiger partial charge in [0.1, 0.15) is 5.76 Å². The maximum absolute atomic E-state index is 11.5. The Bertz CT molecular complexity index is 402. The van der Waals surface area contributed by atoms with Gasteiger partial charge in [-0.1, -0.05) is 0 Å². The Hall–Kier alpha value is -2.05. The number of urea groups is 1. The predicted octanol–water partition coefficient (Wildman–Crippen LogP) is 0.599. The third-order valence-corrected chi connectivity index (χ3v) is 2.07. The van der Waals surface area contributed by atoms with E-state index in [1.54, 1.807) is 13.1 Å². The van der Waals surface area contributed by atoms with Gasteiger partial charge in [-0.3, -0.25) is 4.79 Å². The van der Waals surface area contributed by atoms with Crippen LogP contribution in [-0.2, 0) is 11.3 Å². The van der Waals surface area contributed by atoms with E-state index in [0.29, 0.717) is 11.7 Å². The van der Waals surface area contributed by atoms with E-state index in [1.807, 2.05) is 0 Å². The first kappa shape index (κ1) is 13.0. The fourth-order valence-electron chi connectivity index (χ4n) is 1.13. The average Bonchev–Trinajstić information content (AvgIpc) is 2.68. The van der Waals surface area contributed by atoms with Crippen molar-refractivity contribution in [2.24, 2.45) is 0 Å². The van der Waals surface area contributed by atoms with Crippen molar-refractivity contribution in [2.45, 2.75) is 19.9 Å². The molecular formula is C10H15N3O4. The number of aryl methyl sites for hydroxylation is 1. The molecule has 1 rings (SSSR count). The van der Waals surface area contributed by atoms with E-state index < -0.39 is 5.97 Å². The minimum absolute atomic E-state index is 0.0813. The molecule has 0 aliphatic rings. The highest BCUT2D eigenvalue weighted by molar-refractivity contribution is 5.74. The molecule has 2 amide bonds. The smallest absolute Gasteiger partial charge is 0.317 e. The van der Waals surface area contributed by atoms with Crippen LogP contribution >= 0.6 is 0 Å². The third kappa shape index (κ3) is 4.54. The van der Waals surface area contributed by atoms with Crippen molar-refractivity contribution in [3.8, 4) is 0 Å². The predicted molar refractivity (Wildman–Crippen MR) is 58.4 cm³/mol. The quantitative estimate of drug-likeness (QED) is 0.787. The SMILES string of the molecule is Cc1cnc(CNC(=O)N(C)CCC(=O)O)o1. The van der Waals surface area contributed by atoms with Crippen LogP contribution in [0.25, 0.3) is 0 Å². The van der Waals surface area contributed by atoms with Gasteiger partial charge in [0.25, 0.3) is 0 Å². The van der Waals surface area contributed by atoms with E-state index in [0.717, 1.165) is 0 Å². The van der Waals surface area contributed by atoms with Gasteiger partial charge in [-0.25, -0.2) is 9.78 Å². The van der Waals surface area contributed by atoms with Crippen LogP contribution in [0.3, 0.4) is 0 Å². The maximum Gasteiger partial charge on any atom is 0.317 e. The second-order valence-electron chi connectivity index (χ2n) is 3.59. The first-order valence-corrected chi connectivity index (χ1v) is 5.11. The van der Waals surface area contributed by atoms with E-state index in [9.17, 15) is 9.59 Å². The number of nitrogens with zero attached hydrogens (tertiary/aromatic N) is 2. The number of hydrogen-bond acceptors (Lipinski definition) is 4. The molecule has 0 spiro atoms. The van der Waals surface area contributed by atoms with Crippen molar-refractivity contribution in [1.82, 2.24) is 15.2 Å². The Labute approximate surface area is 98.4 Å². The molecule has 1 aromatic heterocycles. The van der Waals surface area contributed by atoms with Crippen molar-refractivity contribution >= 4 is 12.0 Å². The Balaban J connectivity index is 2.31. The molecule has 7 heteroatoms. The molecule has 1 heterocycles. The van der Waals surface area contributed by atoms with Crippen molar-refractivity contribution in [1.29, 1.82) is 0 Å². The zero-order chi connectivity index (χ0) is 12.8. The molecule has 17 heavy (non-hydrogen) atoms. The minimum Gasteiger partial charge on any atom is -0.481 e. The lowest BCUT2D eigenvalue weighted by molar-refractivity contribution is -0.137. The molecular weight excluding hydrogens is 226 g/mol. The van der Waals surface area contributed by atoms with Crippen LogP contribution in [-0.4, -0.2) is 40.6 Å². The molecule has 0 saturated carbocycles. The van der Waals surface area contributed by atoms with Crippen LogP contribution in [0.1, 0.15) is 18.1 Å². The summed E-state index contributed by atoms with van der Waals surface area (Å²) in [6, 6.07) is -0.359. The molecule has 0 aliphatic heterocycles. The summed E-state index contributed by atoms with van der Waals surface area (Å²) < 4.78 is 5.17. The van der Waals surface area contributed by atoms with E-state index in [1.165, 1.54) is 11.9 Å². The highest BCUT2D eigenvalue weighted by Gasteiger charge is 2.10. The molecule has 7 nitrogen and oxygen atoms in total. The Kier molecular flexibility index (Phi) is 4.50. The summed E-state index contributed by atoms with van der Waals surface area (Å²) in [7, 11) is 1.53. The Morgan fingerprint density at radius 2 is 2.29 bits per heavy atom. The molecule has 94 valence electrons.